The number of carbonyl (C=O) groups excluding carboxylic acids is 2. The number of benzene rings is 1. The third-order valence-electron chi connectivity index (χ3n) is 4.92. The summed E-state index contributed by atoms with van der Waals surface area (Å²) in [5.41, 5.74) is 2.39. The molecule has 0 saturated heterocycles. The Morgan fingerprint density at radius 2 is 2.10 bits per heavy atom. The highest BCUT2D eigenvalue weighted by molar-refractivity contribution is 7.17. The van der Waals surface area contributed by atoms with E-state index in [0.717, 1.165) is 41.0 Å². The van der Waals surface area contributed by atoms with Crippen molar-refractivity contribution in [3.63, 3.8) is 0 Å². The van der Waals surface area contributed by atoms with Crippen molar-refractivity contribution in [3.05, 3.63) is 74.0 Å². The Labute approximate surface area is 177 Å². The van der Waals surface area contributed by atoms with E-state index in [1.165, 1.54) is 28.3 Å². The predicted octanol–water partition coefficient (Wildman–Crippen LogP) is 3.52. The van der Waals surface area contributed by atoms with Gasteiger partial charge in [0.2, 0.25) is 5.43 Å². The van der Waals surface area contributed by atoms with Crippen molar-refractivity contribution < 1.29 is 14.3 Å². The van der Waals surface area contributed by atoms with Crippen molar-refractivity contribution in [1.82, 2.24) is 9.78 Å². The van der Waals surface area contributed by atoms with Crippen molar-refractivity contribution >= 4 is 28.2 Å². The normalized spacial score (nSPS) is 12.5. The van der Waals surface area contributed by atoms with Crippen LogP contribution in [0.2, 0.25) is 0 Å². The number of nitrogens with zero attached hydrogens (tertiary/aromatic N) is 2. The number of ether oxygens (including phenoxy) is 1. The van der Waals surface area contributed by atoms with Crippen LogP contribution in [0.5, 0.6) is 0 Å². The van der Waals surface area contributed by atoms with E-state index in [2.05, 4.69) is 10.4 Å². The molecule has 1 aliphatic rings. The number of aromatic nitrogens is 2. The van der Waals surface area contributed by atoms with E-state index < -0.39 is 17.3 Å². The maximum Gasteiger partial charge on any atom is 0.341 e. The first-order chi connectivity index (χ1) is 14.5. The number of aryl methyl sites for hydroxylation is 2. The summed E-state index contributed by atoms with van der Waals surface area (Å²) in [6.07, 6.45) is 4.15. The minimum atomic E-state index is -0.646. The molecule has 4 rings (SSSR count). The van der Waals surface area contributed by atoms with Crippen LogP contribution in [0.25, 0.3) is 5.69 Å². The summed E-state index contributed by atoms with van der Waals surface area (Å²) in [5, 5.41) is 7.38. The van der Waals surface area contributed by atoms with Gasteiger partial charge in [0.15, 0.2) is 5.69 Å². The third kappa shape index (κ3) is 3.78. The van der Waals surface area contributed by atoms with Crippen molar-refractivity contribution in [2.24, 2.45) is 0 Å². The number of hydrogen-bond donors (Lipinski definition) is 1. The lowest BCUT2D eigenvalue weighted by Gasteiger charge is -2.09. The van der Waals surface area contributed by atoms with E-state index in [-0.39, 0.29) is 12.3 Å². The fourth-order valence-corrected chi connectivity index (χ4v) is 4.83. The second-order valence-corrected chi connectivity index (χ2v) is 8.15. The summed E-state index contributed by atoms with van der Waals surface area (Å²) in [5.74, 6) is -1.10. The second kappa shape index (κ2) is 8.23. The van der Waals surface area contributed by atoms with Crippen LogP contribution in [0.15, 0.2) is 41.3 Å². The zero-order valence-corrected chi connectivity index (χ0v) is 17.5. The number of amides is 1. The molecule has 3 aromatic rings. The Balaban J connectivity index is 1.68. The quantitative estimate of drug-likeness (QED) is 0.634. The van der Waals surface area contributed by atoms with Crippen molar-refractivity contribution in [3.8, 4) is 5.69 Å². The van der Waals surface area contributed by atoms with Gasteiger partial charge in [-0.3, -0.25) is 9.59 Å². The number of thiophene rings is 1. The van der Waals surface area contributed by atoms with E-state index in [1.807, 2.05) is 31.2 Å². The molecular weight excluding hydrogens is 402 g/mol. The van der Waals surface area contributed by atoms with Gasteiger partial charge < -0.3 is 10.1 Å². The molecule has 1 aromatic carbocycles. The molecule has 30 heavy (non-hydrogen) atoms. The van der Waals surface area contributed by atoms with Gasteiger partial charge in [0.1, 0.15) is 5.00 Å². The van der Waals surface area contributed by atoms with Gasteiger partial charge in [-0.05, 0) is 56.4 Å². The summed E-state index contributed by atoms with van der Waals surface area (Å²) in [4.78, 5) is 38.8. The largest absolute Gasteiger partial charge is 0.462 e. The van der Waals surface area contributed by atoms with E-state index in [1.54, 1.807) is 6.92 Å². The van der Waals surface area contributed by atoms with E-state index >= 15 is 0 Å². The molecule has 154 valence electrons. The maximum atomic E-state index is 12.9. The molecule has 1 amide bonds. The molecule has 0 unspecified atom stereocenters. The molecule has 0 fully saturated rings. The lowest BCUT2D eigenvalue weighted by atomic mass is 10.1. The van der Waals surface area contributed by atoms with Crippen molar-refractivity contribution in [1.29, 1.82) is 0 Å². The number of carbonyl (C=O) groups is 2. The monoisotopic (exact) mass is 423 g/mol. The van der Waals surface area contributed by atoms with E-state index in [4.69, 9.17) is 4.74 Å². The van der Waals surface area contributed by atoms with Crippen LogP contribution in [-0.2, 0) is 17.6 Å². The van der Waals surface area contributed by atoms with E-state index in [9.17, 15) is 14.4 Å². The highest BCUT2D eigenvalue weighted by Gasteiger charge is 2.29. The molecule has 8 heteroatoms. The standard InChI is InChI=1S/C22H21N3O4S/c1-3-29-22(28)18-15-8-5-9-17(15)30-21(18)23-20(27)19-16(26)10-11-25(24-19)14-7-4-6-13(2)12-14/h4,6-7,10-12H,3,5,8-9H2,1-2H3,(H,23,27). The third-order valence-corrected chi connectivity index (χ3v) is 6.12. The van der Waals surface area contributed by atoms with Gasteiger partial charge in [0, 0.05) is 17.1 Å². The molecule has 1 aliphatic carbocycles. The average Bonchev–Trinajstić information content (AvgIpc) is 3.29. The van der Waals surface area contributed by atoms with Crippen LogP contribution in [-0.4, -0.2) is 28.3 Å². The zero-order chi connectivity index (χ0) is 21.3. The Kier molecular flexibility index (Phi) is 5.50. The number of rotatable bonds is 5. The number of nitrogens with one attached hydrogen (secondary N) is 1. The first-order valence-electron chi connectivity index (χ1n) is 9.78. The minimum Gasteiger partial charge on any atom is -0.462 e. The Bertz CT molecular complexity index is 1200. The topological polar surface area (TPSA) is 90.3 Å². The van der Waals surface area contributed by atoms with Crippen LogP contribution in [0.4, 0.5) is 5.00 Å². The smallest absolute Gasteiger partial charge is 0.341 e. The molecule has 0 bridgehead atoms. The minimum absolute atomic E-state index is 0.234. The van der Waals surface area contributed by atoms with Crippen LogP contribution in [0, 0.1) is 6.92 Å². The fourth-order valence-electron chi connectivity index (χ4n) is 3.55. The molecule has 2 aromatic heterocycles. The van der Waals surface area contributed by atoms with Gasteiger partial charge >= 0.3 is 5.97 Å². The summed E-state index contributed by atoms with van der Waals surface area (Å²) in [6, 6.07) is 8.89. The predicted molar refractivity (Wildman–Crippen MR) is 115 cm³/mol. The summed E-state index contributed by atoms with van der Waals surface area (Å²) >= 11 is 1.36. The Morgan fingerprint density at radius 1 is 1.27 bits per heavy atom. The Hall–Kier alpha value is -3.26. The molecule has 1 N–H and O–H groups in total. The molecule has 0 saturated carbocycles. The van der Waals surface area contributed by atoms with Gasteiger partial charge in [-0.1, -0.05) is 12.1 Å². The van der Waals surface area contributed by atoms with E-state index in [0.29, 0.717) is 10.6 Å². The van der Waals surface area contributed by atoms with Gasteiger partial charge in [0.05, 0.1) is 17.9 Å². The highest BCUT2D eigenvalue weighted by Crippen LogP contribution is 2.39. The SMILES string of the molecule is CCOC(=O)c1c(NC(=O)c2nn(-c3cccc(C)c3)ccc2=O)sc2c1CCC2. The lowest BCUT2D eigenvalue weighted by molar-refractivity contribution is 0.0527. The van der Waals surface area contributed by atoms with Gasteiger partial charge in [-0.25, -0.2) is 9.48 Å². The van der Waals surface area contributed by atoms with Gasteiger partial charge in [-0.2, -0.15) is 5.10 Å². The number of anilines is 1. The molecule has 2 heterocycles. The average molecular weight is 423 g/mol. The number of fused-ring (bicyclic) bond motifs is 1. The first kappa shape index (κ1) is 20.0. The molecule has 0 spiro atoms. The summed E-state index contributed by atoms with van der Waals surface area (Å²) in [6.45, 7) is 3.94. The van der Waals surface area contributed by atoms with Crippen LogP contribution >= 0.6 is 11.3 Å². The number of hydrogen-bond acceptors (Lipinski definition) is 6. The molecule has 0 atom stereocenters. The van der Waals surface area contributed by atoms with Crippen LogP contribution in [0.1, 0.15) is 50.2 Å². The highest BCUT2D eigenvalue weighted by atomic mass is 32.1. The molecule has 0 radical (unpaired) electrons. The van der Waals surface area contributed by atoms with Gasteiger partial charge in [0.25, 0.3) is 5.91 Å². The van der Waals surface area contributed by atoms with Gasteiger partial charge in [-0.15, -0.1) is 11.3 Å². The second-order valence-electron chi connectivity index (χ2n) is 7.05. The fraction of sp³-hybridized carbons (Fsp3) is 0.273. The zero-order valence-electron chi connectivity index (χ0n) is 16.7. The van der Waals surface area contributed by atoms with Crippen molar-refractivity contribution in [2.75, 3.05) is 11.9 Å². The van der Waals surface area contributed by atoms with Crippen molar-refractivity contribution in [2.45, 2.75) is 33.1 Å². The summed E-state index contributed by atoms with van der Waals surface area (Å²) in [7, 11) is 0. The molecule has 0 aliphatic heterocycles. The Morgan fingerprint density at radius 3 is 2.87 bits per heavy atom. The van der Waals surface area contributed by atoms with Crippen LogP contribution in [0.3, 0.4) is 0 Å². The molecule has 7 nitrogen and oxygen atoms in total. The van der Waals surface area contributed by atoms with Crippen LogP contribution < -0.4 is 10.7 Å². The lowest BCUT2D eigenvalue weighted by Crippen LogP contribution is -2.26. The maximum absolute atomic E-state index is 12.9. The number of esters is 1. The summed E-state index contributed by atoms with van der Waals surface area (Å²) < 4.78 is 6.68. The molecular formula is C22H21N3O4S. The first-order valence-corrected chi connectivity index (χ1v) is 10.6.